The molecule has 1 N–H and O–H groups in total. The Morgan fingerprint density at radius 2 is 2.19 bits per heavy atom. The highest BCUT2D eigenvalue weighted by atomic mass is 16.7. The van der Waals surface area contributed by atoms with Crippen LogP contribution < -0.4 is 5.32 Å². The van der Waals surface area contributed by atoms with Crippen molar-refractivity contribution in [3.63, 3.8) is 0 Å². The molecule has 4 heteroatoms. The average molecular weight is 229 g/mol. The van der Waals surface area contributed by atoms with E-state index in [0.29, 0.717) is 12.6 Å². The number of hydrogen-bond donors (Lipinski definition) is 1. The Balaban J connectivity index is 1.69. The molecule has 2 unspecified atom stereocenters. The van der Waals surface area contributed by atoms with Gasteiger partial charge in [-0.3, -0.25) is 0 Å². The first-order chi connectivity index (χ1) is 7.61. The first kappa shape index (κ1) is 12.3. The van der Waals surface area contributed by atoms with E-state index in [2.05, 4.69) is 5.32 Å². The average Bonchev–Trinajstić information content (AvgIpc) is 2.99. The van der Waals surface area contributed by atoms with Gasteiger partial charge in [0.1, 0.15) is 0 Å². The Morgan fingerprint density at radius 3 is 2.69 bits per heavy atom. The number of methoxy groups -OCH3 is 1. The summed E-state index contributed by atoms with van der Waals surface area (Å²) < 4.78 is 16.5. The monoisotopic (exact) mass is 229 g/mol. The van der Waals surface area contributed by atoms with E-state index in [1.165, 1.54) is 12.8 Å². The van der Waals surface area contributed by atoms with Crippen LogP contribution in [-0.2, 0) is 14.2 Å². The summed E-state index contributed by atoms with van der Waals surface area (Å²) in [6.45, 7) is 6.25. The van der Waals surface area contributed by atoms with Crippen molar-refractivity contribution in [2.24, 2.45) is 5.92 Å². The van der Waals surface area contributed by atoms with E-state index in [9.17, 15) is 0 Å². The lowest BCUT2D eigenvalue weighted by atomic mass is 10.2. The van der Waals surface area contributed by atoms with Gasteiger partial charge in [0.15, 0.2) is 5.79 Å². The highest BCUT2D eigenvalue weighted by molar-refractivity contribution is 4.87. The van der Waals surface area contributed by atoms with Crippen LogP contribution in [0.2, 0.25) is 0 Å². The van der Waals surface area contributed by atoms with Gasteiger partial charge >= 0.3 is 0 Å². The van der Waals surface area contributed by atoms with E-state index >= 15 is 0 Å². The molecule has 4 nitrogen and oxygen atoms in total. The molecule has 0 bridgehead atoms. The van der Waals surface area contributed by atoms with Crippen molar-refractivity contribution in [3.05, 3.63) is 0 Å². The van der Waals surface area contributed by atoms with Crippen molar-refractivity contribution in [3.8, 4) is 0 Å². The minimum atomic E-state index is -0.414. The van der Waals surface area contributed by atoms with E-state index in [4.69, 9.17) is 14.2 Å². The van der Waals surface area contributed by atoms with Gasteiger partial charge in [-0.05, 0) is 32.6 Å². The Bertz CT molecular complexity index is 228. The molecule has 0 spiro atoms. The summed E-state index contributed by atoms with van der Waals surface area (Å²) in [6, 6.07) is 0.484. The molecule has 0 aromatic rings. The van der Waals surface area contributed by atoms with Gasteiger partial charge in [0.25, 0.3) is 0 Å². The van der Waals surface area contributed by atoms with Crippen molar-refractivity contribution in [2.75, 3.05) is 26.9 Å². The van der Waals surface area contributed by atoms with Crippen LogP contribution >= 0.6 is 0 Å². The Kier molecular flexibility index (Phi) is 3.85. The molecular formula is C12H23NO3. The zero-order valence-corrected chi connectivity index (χ0v) is 10.5. The van der Waals surface area contributed by atoms with E-state index in [1.807, 2.05) is 13.8 Å². The second-order valence-electron chi connectivity index (χ2n) is 5.26. The van der Waals surface area contributed by atoms with Crippen LogP contribution in [0.4, 0.5) is 0 Å². The van der Waals surface area contributed by atoms with Crippen molar-refractivity contribution in [1.82, 2.24) is 5.32 Å². The van der Waals surface area contributed by atoms with Gasteiger partial charge in [0.05, 0.1) is 19.3 Å². The lowest BCUT2D eigenvalue weighted by Crippen LogP contribution is -2.41. The van der Waals surface area contributed by atoms with Gasteiger partial charge in [-0.2, -0.15) is 0 Å². The maximum Gasteiger partial charge on any atom is 0.163 e. The number of rotatable bonds is 6. The second kappa shape index (κ2) is 5.00. The largest absolute Gasteiger partial charge is 0.383 e. The third-order valence-electron chi connectivity index (χ3n) is 3.21. The zero-order chi connectivity index (χ0) is 11.6. The summed E-state index contributed by atoms with van der Waals surface area (Å²) >= 11 is 0. The van der Waals surface area contributed by atoms with E-state index in [-0.39, 0.29) is 6.10 Å². The molecule has 0 aromatic carbocycles. The Labute approximate surface area is 97.6 Å². The predicted molar refractivity (Wildman–Crippen MR) is 61.3 cm³/mol. The maximum absolute atomic E-state index is 5.75. The van der Waals surface area contributed by atoms with E-state index < -0.39 is 5.79 Å². The fourth-order valence-corrected chi connectivity index (χ4v) is 2.19. The fraction of sp³-hybridized carbons (Fsp3) is 1.00. The van der Waals surface area contributed by atoms with Gasteiger partial charge in [0.2, 0.25) is 0 Å². The smallest absolute Gasteiger partial charge is 0.163 e. The molecule has 2 fully saturated rings. The summed E-state index contributed by atoms with van der Waals surface area (Å²) in [7, 11) is 1.76. The highest BCUT2D eigenvalue weighted by Gasteiger charge is 2.35. The molecule has 2 atom stereocenters. The lowest BCUT2D eigenvalue weighted by molar-refractivity contribution is -0.138. The standard InChI is InChI=1S/C12H23NO3/c1-12(2)15-7-10(16-12)6-13-11(8-14-3)9-4-5-9/h9-11,13H,4-8H2,1-3H3. The van der Waals surface area contributed by atoms with Crippen LogP contribution in [0.15, 0.2) is 0 Å². The third-order valence-corrected chi connectivity index (χ3v) is 3.21. The summed E-state index contributed by atoms with van der Waals surface area (Å²) in [5.41, 5.74) is 0. The first-order valence-corrected chi connectivity index (χ1v) is 6.15. The molecule has 94 valence electrons. The van der Waals surface area contributed by atoms with Crippen LogP contribution in [0, 0.1) is 5.92 Å². The number of hydrogen-bond acceptors (Lipinski definition) is 4. The van der Waals surface area contributed by atoms with Gasteiger partial charge in [-0.25, -0.2) is 0 Å². The van der Waals surface area contributed by atoms with Crippen molar-refractivity contribution in [2.45, 2.75) is 44.6 Å². The molecule has 1 aliphatic heterocycles. The molecular weight excluding hydrogens is 206 g/mol. The first-order valence-electron chi connectivity index (χ1n) is 6.15. The quantitative estimate of drug-likeness (QED) is 0.742. The van der Waals surface area contributed by atoms with Gasteiger partial charge in [0, 0.05) is 19.7 Å². The second-order valence-corrected chi connectivity index (χ2v) is 5.26. The Hall–Kier alpha value is -0.160. The highest BCUT2D eigenvalue weighted by Crippen LogP contribution is 2.33. The fourth-order valence-electron chi connectivity index (χ4n) is 2.19. The van der Waals surface area contributed by atoms with Crippen LogP contribution in [0.5, 0.6) is 0 Å². The van der Waals surface area contributed by atoms with Crippen LogP contribution in [-0.4, -0.2) is 44.8 Å². The lowest BCUT2D eigenvalue weighted by Gasteiger charge is -2.21. The molecule has 2 aliphatic rings. The van der Waals surface area contributed by atoms with E-state index in [0.717, 1.165) is 19.1 Å². The SMILES string of the molecule is COCC(NCC1COC(C)(C)O1)C1CC1. The summed E-state index contributed by atoms with van der Waals surface area (Å²) in [5, 5.41) is 3.53. The zero-order valence-electron chi connectivity index (χ0n) is 10.5. The molecule has 0 aromatic heterocycles. The molecule has 2 rings (SSSR count). The van der Waals surface area contributed by atoms with Gasteiger partial charge < -0.3 is 19.5 Å². The molecule has 1 saturated heterocycles. The van der Waals surface area contributed by atoms with E-state index in [1.54, 1.807) is 7.11 Å². The molecule has 1 heterocycles. The molecule has 0 radical (unpaired) electrons. The number of nitrogens with one attached hydrogen (secondary N) is 1. The van der Waals surface area contributed by atoms with Gasteiger partial charge in [-0.15, -0.1) is 0 Å². The molecule has 16 heavy (non-hydrogen) atoms. The van der Waals surface area contributed by atoms with Gasteiger partial charge in [-0.1, -0.05) is 0 Å². The predicted octanol–water partition coefficient (Wildman–Crippen LogP) is 1.15. The van der Waals surface area contributed by atoms with Crippen molar-refractivity contribution in [1.29, 1.82) is 0 Å². The molecule has 1 aliphatic carbocycles. The summed E-state index contributed by atoms with van der Waals surface area (Å²) in [6.07, 6.45) is 2.83. The summed E-state index contributed by atoms with van der Waals surface area (Å²) in [5.74, 6) is 0.387. The van der Waals surface area contributed by atoms with Crippen molar-refractivity contribution < 1.29 is 14.2 Å². The van der Waals surface area contributed by atoms with Crippen molar-refractivity contribution >= 4 is 0 Å². The minimum absolute atomic E-state index is 0.174. The summed E-state index contributed by atoms with van der Waals surface area (Å²) in [4.78, 5) is 0. The van der Waals surface area contributed by atoms with Crippen LogP contribution in [0.25, 0.3) is 0 Å². The van der Waals surface area contributed by atoms with Crippen LogP contribution in [0.3, 0.4) is 0 Å². The minimum Gasteiger partial charge on any atom is -0.383 e. The molecule has 1 saturated carbocycles. The molecule has 0 amide bonds. The topological polar surface area (TPSA) is 39.7 Å². The third kappa shape index (κ3) is 3.42. The Morgan fingerprint density at radius 1 is 1.44 bits per heavy atom. The maximum atomic E-state index is 5.75. The normalized spacial score (nSPS) is 30.6. The number of ether oxygens (including phenoxy) is 3. The van der Waals surface area contributed by atoms with Crippen LogP contribution in [0.1, 0.15) is 26.7 Å².